The maximum absolute atomic E-state index is 12.5. The molecule has 1 aliphatic heterocycles. The van der Waals surface area contributed by atoms with Crippen LogP contribution in [-0.4, -0.2) is 57.9 Å². The van der Waals surface area contributed by atoms with E-state index in [0.29, 0.717) is 37.7 Å². The summed E-state index contributed by atoms with van der Waals surface area (Å²) >= 11 is 0. The van der Waals surface area contributed by atoms with E-state index in [0.717, 1.165) is 25.1 Å². The second-order valence-corrected chi connectivity index (χ2v) is 7.57. The van der Waals surface area contributed by atoms with Crippen molar-refractivity contribution < 1.29 is 19.0 Å². The van der Waals surface area contributed by atoms with Crippen LogP contribution in [0.1, 0.15) is 29.2 Å². The highest BCUT2D eigenvalue weighted by Gasteiger charge is 2.24. The van der Waals surface area contributed by atoms with Gasteiger partial charge in [0.05, 0.1) is 33.5 Å². The first-order valence-corrected chi connectivity index (χ1v) is 10.5. The Kier molecular flexibility index (Phi) is 8.11. The minimum atomic E-state index is 0.0524. The Morgan fingerprint density at radius 3 is 2.57 bits per heavy atom. The SMILES string of the molecule is COc1ccc(C(CNC(=O)CCc2cccc(C)c2)N2CCOCC2)cc1OC. The van der Waals surface area contributed by atoms with Crippen LogP contribution in [0, 0.1) is 6.92 Å². The van der Waals surface area contributed by atoms with Crippen molar-refractivity contribution in [3.8, 4) is 11.5 Å². The third kappa shape index (κ3) is 5.97. The molecule has 0 bridgehead atoms. The van der Waals surface area contributed by atoms with Crippen LogP contribution in [-0.2, 0) is 16.0 Å². The number of nitrogens with zero attached hydrogens (tertiary/aromatic N) is 1. The van der Waals surface area contributed by atoms with Gasteiger partial charge in [-0.1, -0.05) is 35.9 Å². The minimum Gasteiger partial charge on any atom is -0.493 e. The number of hydrogen-bond donors (Lipinski definition) is 1. The quantitative estimate of drug-likeness (QED) is 0.686. The number of hydrogen-bond acceptors (Lipinski definition) is 5. The number of amides is 1. The first-order valence-electron chi connectivity index (χ1n) is 10.5. The van der Waals surface area contributed by atoms with E-state index in [1.54, 1.807) is 14.2 Å². The molecular weight excluding hydrogens is 380 g/mol. The largest absolute Gasteiger partial charge is 0.493 e. The van der Waals surface area contributed by atoms with Gasteiger partial charge in [-0.05, 0) is 36.6 Å². The molecule has 0 spiro atoms. The van der Waals surface area contributed by atoms with E-state index < -0.39 is 0 Å². The monoisotopic (exact) mass is 412 g/mol. The molecular formula is C24H32N2O4. The molecule has 1 fully saturated rings. The van der Waals surface area contributed by atoms with E-state index in [1.807, 2.05) is 24.3 Å². The highest BCUT2D eigenvalue weighted by Crippen LogP contribution is 2.32. The molecule has 2 aromatic carbocycles. The lowest BCUT2D eigenvalue weighted by atomic mass is 10.0. The van der Waals surface area contributed by atoms with Crippen LogP contribution in [0.3, 0.4) is 0 Å². The Labute approximate surface area is 179 Å². The first-order chi connectivity index (χ1) is 14.6. The average Bonchev–Trinajstić information content (AvgIpc) is 2.78. The van der Waals surface area contributed by atoms with Crippen LogP contribution in [0.5, 0.6) is 11.5 Å². The second-order valence-electron chi connectivity index (χ2n) is 7.57. The molecule has 1 aliphatic rings. The highest BCUT2D eigenvalue weighted by molar-refractivity contribution is 5.76. The van der Waals surface area contributed by atoms with Crippen LogP contribution in [0.2, 0.25) is 0 Å². The minimum absolute atomic E-state index is 0.0524. The predicted molar refractivity (Wildman–Crippen MR) is 117 cm³/mol. The molecule has 162 valence electrons. The van der Waals surface area contributed by atoms with E-state index in [2.05, 4.69) is 35.3 Å². The van der Waals surface area contributed by atoms with Crippen LogP contribution in [0.4, 0.5) is 0 Å². The number of carbonyl (C=O) groups is 1. The number of methoxy groups -OCH3 is 2. The van der Waals surface area contributed by atoms with Gasteiger partial charge in [-0.15, -0.1) is 0 Å². The molecule has 1 unspecified atom stereocenters. The molecule has 0 saturated carbocycles. The normalized spacial score (nSPS) is 15.4. The van der Waals surface area contributed by atoms with Gasteiger partial charge in [0.25, 0.3) is 0 Å². The number of rotatable bonds is 9. The van der Waals surface area contributed by atoms with Gasteiger partial charge in [0.2, 0.25) is 5.91 Å². The Balaban J connectivity index is 1.66. The fourth-order valence-corrected chi connectivity index (χ4v) is 3.83. The molecule has 1 heterocycles. The van der Waals surface area contributed by atoms with Gasteiger partial charge < -0.3 is 19.5 Å². The summed E-state index contributed by atoms with van der Waals surface area (Å²) in [4.78, 5) is 14.9. The van der Waals surface area contributed by atoms with Crippen molar-refractivity contribution in [2.45, 2.75) is 25.8 Å². The molecule has 2 aromatic rings. The Morgan fingerprint density at radius 2 is 1.87 bits per heavy atom. The Hall–Kier alpha value is -2.57. The molecule has 1 atom stereocenters. The standard InChI is InChI=1S/C24H32N2O4/c1-18-5-4-6-19(15-18)7-10-24(27)25-17-21(26-11-13-30-14-12-26)20-8-9-22(28-2)23(16-20)29-3/h4-6,8-9,15-16,21H,7,10-14,17H2,1-3H3,(H,25,27). The number of carbonyl (C=O) groups excluding carboxylic acids is 1. The summed E-state index contributed by atoms with van der Waals surface area (Å²) in [7, 11) is 3.27. The summed E-state index contributed by atoms with van der Waals surface area (Å²) in [5.41, 5.74) is 3.50. The van der Waals surface area contributed by atoms with Gasteiger partial charge in [0, 0.05) is 26.1 Å². The van der Waals surface area contributed by atoms with Crippen molar-refractivity contribution >= 4 is 5.91 Å². The van der Waals surface area contributed by atoms with E-state index in [1.165, 1.54) is 11.1 Å². The van der Waals surface area contributed by atoms with E-state index >= 15 is 0 Å². The second kappa shape index (κ2) is 11.0. The number of morpholine rings is 1. The van der Waals surface area contributed by atoms with E-state index in [9.17, 15) is 4.79 Å². The zero-order valence-corrected chi connectivity index (χ0v) is 18.1. The summed E-state index contributed by atoms with van der Waals surface area (Å²) < 4.78 is 16.4. The van der Waals surface area contributed by atoms with Gasteiger partial charge in [0.15, 0.2) is 11.5 Å². The summed E-state index contributed by atoms with van der Waals surface area (Å²) in [6.45, 7) is 5.67. The molecule has 1 N–H and O–H groups in total. The fraction of sp³-hybridized carbons (Fsp3) is 0.458. The Bertz CT molecular complexity index is 834. The lowest BCUT2D eigenvalue weighted by Gasteiger charge is -2.35. The van der Waals surface area contributed by atoms with Gasteiger partial charge in [-0.2, -0.15) is 0 Å². The summed E-state index contributed by atoms with van der Waals surface area (Å²) in [6.07, 6.45) is 1.22. The van der Waals surface area contributed by atoms with E-state index in [-0.39, 0.29) is 11.9 Å². The molecule has 0 aromatic heterocycles. The lowest BCUT2D eigenvalue weighted by molar-refractivity contribution is -0.121. The summed E-state index contributed by atoms with van der Waals surface area (Å²) in [6, 6.07) is 14.3. The Morgan fingerprint density at radius 1 is 1.10 bits per heavy atom. The van der Waals surface area contributed by atoms with Crippen molar-refractivity contribution in [3.05, 3.63) is 59.2 Å². The van der Waals surface area contributed by atoms with E-state index in [4.69, 9.17) is 14.2 Å². The fourth-order valence-electron chi connectivity index (χ4n) is 3.83. The molecule has 1 amide bonds. The van der Waals surface area contributed by atoms with Gasteiger partial charge in [0.1, 0.15) is 0 Å². The van der Waals surface area contributed by atoms with Crippen molar-refractivity contribution in [2.24, 2.45) is 0 Å². The molecule has 30 heavy (non-hydrogen) atoms. The number of aryl methyl sites for hydroxylation is 2. The lowest BCUT2D eigenvalue weighted by Crippen LogP contribution is -2.43. The third-order valence-electron chi connectivity index (χ3n) is 5.49. The van der Waals surface area contributed by atoms with Crippen LogP contribution in [0.15, 0.2) is 42.5 Å². The molecule has 3 rings (SSSR count). The third-order valence-corrected chi connectivity index (χ3v) is 5.49. The topological polar surface area (TPSA) is 60.0 Å². The average molecular weight is 413 g/mol. The molecule has 6 heteroatoms. The number of nitrogens with one attached hydrogen (secondary N) is 1. The maximum Gasteiger partial charge on any atom is 0.220 e. The van der Waals surface area contributed by atoms with Gasteiger partial charge in [-0.3, -0.25) is 9.69 Å². The maximum atomic E-state index is 12.5. The predicted octanol–water partition coefficient (Wildman–Crippen LogP) is 3.13. The van der Waals surface area contributed by atoms with Crippen molar-refractivity contribution in [1.29, 1.82) is 0 Å². The summed E-state index contributed by atoms with van der Waals surface area (Å²) in [5.74, 6) is 1.46. The van der Waals surface area contributed by atoms with Crippen molar-refractivity contribution in [1.82, 2.24) is 10.2 Å². The number of benzene rings is 2. The van der Waals surface area contributed by atoms with Crippen LogP contribution in [0.25, 0.3) is 0 Å². The molecule has 1 saturated heterocycles. The smallest absolute Gasteiger partial charge is 0.220 e. The van der Waals surface area contributed by atoms with Crippen molar-refractivity contribution in [3.63, 3.8) is 0 Å². The van der Waals surface area contributed by atoms with Crippen molar-refractivity contribution in [2.75, 3.05) is 47.1 Å². The zero-order chi connectivity index (χ0) is 21.3. The molecule has 0 aliphatic carbocycles. The van der Waals surface area contributed by atoms with Gasteiger partial charge in [-0.25, -0.2) is 0 Å². The van der Waals surface area contributed by atoms with Crippen LogP contribution >= 0.6 is 0 Å². The first kappa shape index (κ1) is 22.1. The summed E-state index contributed by atoms with van der Waals surface area (Å²) in [5, 5.41) is 3.14. The highest BCUT2D eigenvalue weighted by atomic mass is 16.5. The number of ether oxygens (including phenoxy) is 3. The zero-order valence-electron chi connectivity index (χ0n) is 18.1. The molecule has 0 radical (unpaired) electrons. The van der Waals surface area contributed by atoms with Gasteiger partial charge >= 0.3 is 0 Å². The van der Waals surface area contributed by atoms with Crippen LogP contribution < -0.4 is 14.8 Å². The molecule has 6 nitrogen and oxygen atoms in total.